The zero-order valence-electron chi connectivity index (χ0n) is 13.9. The summed E-state index contributed by atoms with van der Waals surface area (Å²) >= 11 is 0. The zero-order chi connectivity index (χ0) is 16.8. The second-order valence-corrected chi connectivity index (χ2v) is 6.47. The molecule has 25 heavy (non-hydrogen) atoms. The summed E-state index contributed by atoms with van der Waals surface area (Å²) in [4.78, 5) is 7.90. The fourth-order valence-corrected chi connectivity index (χ4v) is 3.70. The van der Waals surface area contributed by atoms with Crippen molar-refractivity contribution in [3.63, 3.8) is 0 Å². The van der Waals surface area contributed by atoms with Gasteiger partial charge in [-0.2, -0.15) is 4.98 Å². The van der Waals surface area contributed by atoms with Gasteiger partial charge in [-0.3, -0.25) is 0 Å². The summed E-state index contributed by atoms with van der Waals surface area (Å²) < 4.78 is 5.25. The summed E-state index contributed by atoms with van der Waals surface area (Å²) in [7, 11) is 0. The minimum Gasteiger partial charge on any atom is -0.357 e. The highest BCUT2D eigenvalue weighted by Gasteiger charge is 2.25. The second-order valence-electron chi connectivity index (χ2n) is 6.47. The van der Waals surface area contributed by atoms with Gasteiger partial charge in [0.2, 0.25) is 0 Å². The molecule has 0 spiro atoms. The largest absolute Gasteiger partial charge is 0.357 e. The van der Waals surface area contributed by atoms with E-state index in [1.54, 1.807) is 0 Å². The Kier molecular flexibility index (Phi) is 3.21. The Morgan fingerprint density at radius 3 is 2.72 bits per heavy atom. The molecule has 4 aromatic rings. The maximum atomic E-state index is 5.25. The van der Waals surface area contributed by atoms with Crippen molar-refractivity contribution in [3.05, 3.63) is 71.2 Å². The summed E-state index contributed by atoms with van der Waals surface area (Å²) in [5.74, 6) is 1.21. The third kappa shape index (κ3) is 2.36. The first kappa shape index (κ1) is 14.4. The van der Waals surface area contributed by atoms with E-state index < -0.39 is 0 Å². The van der Waals surface area contributed by atoms with Gasteiger partial charge in [-0.1, -0.05) is 35.5 Å². The van der Waals surface area contributed by atoms with Gasteiger partial charge < -0.3 is 14.8 Å². The van der Waals surface area contributed by atoms with Gasteiger partial charge in [0.15, 0.2) is 5.82 Å². The van der Waals surface area contributed by atoms with E-state index in [9.17, 15) is 0 Å². The van der Waals surface area contributed by atoms with Crippen molar-refractivity contribution >= 4 is 10.9 Å². The number of hydrogen-bond donors (Lipinski definition) is 2. The average molecular weight is 330 g/mol. The predicted molar refractivity (Wildman–Crippen MR) is 96.3 cm³/mol. The van der Waals surface area contributed by atoms with E-state index in [2.05, 4.69) is 56.8 Å². The van der Waals surface area contributed by atoms with E-state index >= 15 is 0 Å². The Balaban J connectivity index is 1.54. The molecule has 5 nitrogen and oxygen atoms in total. The molecule has 5 heteroatoms. The van der Waals surface area contributed by atoms with Crippen molar-refractivity contribution in [1.82, 2.24) is 20.4 Å². The van der Waals surface area contributed by atoms with Gasteiger partial charge in [0.1, 0.15) is 0 Å². The van der Waals surface area contributed by atoms with E-state index in [0.717, 1.165) is 18.5 Å². The number of fused-ring (bicyclic) bond motifs is 3. The number of aryl methyl sites for hydroxylation is 1. The van der Waals surface area contributed by atoms with Gasteiger partial charge >= 0.3 is 0 Å². The molecule has 0 unspecified atom stereocenters. The van der Waals surface area contributed by atoms with E-state index in [0.29, 0.717) is 11.7 Å². The maximum absolute atomic E-state index is 5.25. The Morgan fingerprint density at radius 1 is 1.08 bits per heavy atom. The third-order valence-electron chi connectivity index (χ3n) is 4.88. The highest BCUT2D eigenvalue weighted by atomic mass is 16.5. The summed E-state index contributed by atoms with van der Waals surface area (Å²) in [5, 5.41) is 8.82. The Morgan fingerprint density at radius 2 is 1.92 bits per heavy atom. The lowest BCUT2D eigenvalue weighted by molar-refractivity contribution is 0.425. The van der Waals surface area contributed by atoms with Crippen LogP contribution < -0.4 is 5.32 Å². The molecule has 0 radical (unpaired) electrons. The molecule has 0 saturated carbocycles. The van der Waals surface area contributed by atoms with Crippen LogP contribution in [0.3, 0.4) is 0 Å². The van der Waals surface area contributed by atoms with Crippen LogP contribution in [0.2, 0.25) is 0 Å². The minimum atomic E-state index is 0.176. The molecule has 1 atom stereocenters. The van der Waals surface area contributed by atoms with Crippen LogP contribution in [0.5, 0.6) is 0 Å². The highest BCUT2D eigenvalue weighted by Crippen LogP contribution is 2.33. The molecule has 1 aliphatic rings. The van der Waals surface area contributed by atoms with Gasteiger partial charge in [0.05, 0.1) is 6.04 Å². The van der Waals surface area contributed by atoms with E-state index in [-0.39, 0.29) is 6.04 Å². The quantitative estimate of drug-likeness (QED) is 0.587. The molecule has 0 amide bonds. The van der Waals surface area contributed by atoms with Gasteiger partial charge in [-0.05, 0) is 42.7 Å². The van der Waals surface area contributed by atoms with Crippen molar-refractivity contribution in [2.45, 2.75) is 19.4 Å². The standard InChI is InChI=1S/C20H18N4O/c1-12-22-20(25-24-12)14-8-6-13(7-9-14)18-19-16(10-11-21-18)15-4-2-3-5-17(15)23-19/h2-9,18,21,23H,10-11H2,1H3/t18-/m0/s1. The zero-order valence-corrected chi connectivity index (χ0v) is 13.9. The molecule has 124 valence electrons. The smallest absolute Gasteiger partial charge is 0.257 e. The van der Waals surface area contributed by atoms with Crippen molar-refractivity contribution in [1.29, 1.82) is 0 Å². The Bertz CT molecular complexity index is 1050. The molecular formula is C20H18N4O. The van der Waals surface area contributed by atoms with Crippen LogP contribution >= 0.6 is 0 Å². The number of hydrogen-bond acceptors (Lipinski definition) is 4. The van der Waals surface area contributed by atoms with E-state index in [1.807, 2.05) is 19.1 Å². The van der Waals surface area contributed by atoms with Crippen LogP contribution in [-0.2, 0) is 6.42 Å². The predicted octanol–water partition coefficient (Wildman–Crippen LogP) is 3.76. The van der Waals surface area contributed by atoms with E-state index in [4.69, 9.17) is 4.52 Å². The number of para-hydroxylation sites is 1. The van der Waals surface area contributed by atoms with Gasteiger partial charge in [0, 0.05) is 28.7 Å². The molecule has 0 bridgehead atoms. The summed E-state index contributed by atoms with van der Waals surface area (Å²) in [5.41, 5.74) is 6.08. The number of aromatic amines is 1. The third-order valence-corrected chi connectivity index (χ3v) is 4.88. The lowest BCUT2D eigenvalue weighted by Crippen LogP contribution is -2.30. The number of benzene rings is 2. The van der Waals surface area contributed by atoms with Crippen molar-refractivity contribution in [2.75, 3.05) is 6.54 Å². The van der Waals surface area contributed by atoms with Crippen molar-refractivity contribution < 1.29 is 4.52 Å². The first-order valence-corrected chi connectivity index (χ1v) is 8.53. The van der Waals surface area contributed by atoms with E-state index in [1.165, 1.54) is 27.7 Å². The Hall–Kier alpha value is -2.92. The molecule has 2 N–H and O–H groups in total. The Labute approximate surface area is 145 Å². The lowest BCUT2D eigenvalue weighted by atomic mass is 9.94. The fourth-order valence-electron chi connectivity index (χ4n) is 3.70. The molecule has 5 rings (SSSR count). The van der Waals surface area contributed by atoms with Crippen LogP contribution in [0.4, 0.5) is 0 Å². The monoisotopic (exact) mass is 330 g/mol. The number of nitrogens with zero attached hydrogens (tertiary/aromatic N) is 2. The molecule has 0 saturated heterocycles. The molecule has 3 heterocycles. The van der Waals surface area contributed by atoms with Crippen LogP contribution in [0.25, 0.3) is 22.4 Å². The second kappa shape index (κ2) is 5.57. The molecule has 1 aliphatic heterocycles. The summed E-state index contributed by atoms with van der Waals surface area (Å²) in [6, 6.07) is 17.1. The fraction of sp³-hybridized carbons (Fsp3) is 0.200. The number of rotatable bonds is 2. The molecule has 0 aliphatic carbocycles. The molecule has 2 aromatic carbocycles. The van der Waals surface area contributed by atoms with Gasteiger partial charge in [-0.15, -0.1) is 0 Å². The SMILES string of the molecule is Cc1noc(-c2ccc([C@@H]3NCCc4c3[nH]c3ccccc43)cc2)n1. The number of aromatic nitrogens is 3. The molecule has 2 aromatic heterocycles. The maximum Gasteiger partial charge on any atom is 0.257 e. The average Bonchev–Trinajstić information content (AvgIpc) is 3.25. The summed E-state index contributed by atoms with van der Waals surface area (Å²) in [6.07, 6.45) is 1.05. The normalized spacial score (nSPS) is 16.9. The van der Waals surface area contributed by atoms with Gasteiger partial charge in [0.25, 0.3) is 5.89 Å². The van der Waals surface area contributed by atoms with Gasteiger partial charge in [-0.25, -0.2) is 0 Å². The minimum absolute atomic E-state index is 0.176. The number of H-pyrrole nitrogens is 1. The van der Waals surface area contributed by atoms with Crippen LogP contribution in [0, 0.1) is 6.92 Å². The highest BCUT2D eigenvalue weighted by molar-refractivity contribution is 5.85. The summed E-state index contributed by atoms with van der Waals surface area (Å²) in [6.45, 7) is 2.80. The topological polar surface area (TPSA) is 66.7 Å². The van der Waals surface area contributed by atoms with Crippen molar-refractivity contribution in [3.8, 4) is 11.5 Å². The first-order valence-electron chi connectivity index (χ1n) is 8.53. The van der Waals surface area contributed by atoms with Crippen LogP contribution in [0.15, 0.2) is 53.1 Å². The number of nitrogens with one attached hydrogen (secondary N) is 2. The van der Waals surface area contributed by atoms with Crippen LogP contribution in [-0.4, -0.2) is 21.7 Å². The first-order chi connectivity index (χ1) is 12.3. The lowest BCUT2D eigenvalue weighted by Gasteiger charge is -2.25. The molecule has 0 fully saturated rings. The molecular weight excluding hydrogens is 312 g/mol. The van der Waals surface area contributed by atoms with Crippen LogP contribution in [0.1, 0.15) is 28.7 Å². The van der Waals surface area contributed by atoms with Crippen molar-refractivity contribution in [2.24, 2.45) is 0 Å².